The van der Waals surface area contributed by atoms with Crippen LogP contribution in [0.3, 0.4) is 0 Å². The lowest BCUT2D eigenvalue weighted by Crippen LogP contribution is -2.61. The summed E-state index contributed by atoms with van der Waals surface area (Å²) in [7, 11) is 0. The molecule has 28 heavy (non-hydrogen) atoms. The van der Waals surface area contributed by atoms with Crippen molar-refractivity contribution in [1.82, 2.24) is 4.90 Å². The number of carbonyl (C=O) groups is 1. The van der Waals surface area contributed by atoms with Crippen LogP contribution < -0.4 is 5.32 Å². The van der Waals surface area contributed by atoms with Crippen molar-refractivity contribution in [3.8, 4) is 0 Å². The highest BCUT2D eigenvalue weighted by Crippen LogP contribution is 2.58. The predicted molar refractivity (Wildman–Crippen MR) is 115 cm³/mol. The van der Waals surface area contributed by atoms with Crippen LogP contribution in [0.4, 0.5) is 5.69 Å². The first kappa shape index (κ1) is 18.9. The number of likely N-dealkylation sites (tertiary alicyclic amines) is 1. The van der Waals surface area contributed by atoms with E-state index in [0.717, 1.165) is 29.9 Å². The van der Waals surface area contributed by atoms with Crippen LogP contribution in [0.5, 0.6) is 0 Å². The summed E-state index contributed by atoms with van der Waals surface area (Å²) in [5.41, 5.74) is 1.28. The first-order valence-electron chi connectivity index (χ1n) is 11.4. The Hall–Kier alpha value is -1.06. The van der Waals surface area contributed by atoms with Crippen LogP contribution in [-0.2, 0) is 4.79 Å². The van der Waals surface area contributed by atoms with E-state index in [1.165, 1.54) is 64.5 Å². The summed E-state index contributed by atoms with van der Waals surface area (Å²) in [6.45, 7) is 2.51. The molecule has 1 amide bonds. The molecule has 1 heterocycles. The smallest absolute Gasteiger partial charge is 0.224 e. The Balaban J connectivity index is 1.10. The molecule has 0 spiro atoms. The van der Waals surface area contributed by atoms with Crippen LogP contribution >= 0.6 is 11.6 Å². The van der Waals surface area contributed by atoms with Gasteiger partial charge in [-0.1, -0.05) is 23.7 Å². The summed E-state index contributed by atoms with van der Waals surface area (Å²) in [6.07, 6.45) is 13.1. The molecule has 1 aliphatic heterocycles. The maximum absolute atomic E-state index is 12.3. The van der Waals surface area contributed by atoms with Gasteiger partial charge >= 0.3 is 0 Å². The summed E-state index contributed by atoms with van der Waals surface area (Å²) >= 11 is 6.14. The number of piperidine rings is 1. The van der Waals surface area contributed by atoms with Gasteiger partial charge in [0.25, 0.3) is 0 Å². The highest BCUT2D eigenvalue weighted by Gasteiger charge is 2.53. The molecule has 152 valence electrons. The first-order valence-corrected chi connectivity index (χ1v) is 11.8. The lowest BCUT2D eigenvalue weighted by molar-refractivity contribution is -0.117. The van der Waals surface area contributed by atoms with Gasteiger partial charge in [-0.25, -0.2) is 0 Å². The van der Waals surface area contributed by atoms with Gasteiger partial charge in [0.2, 0.25) is 5.91 Å². The molecule has 0 aromatic heterocycles. The number of benzene rings is 1. The summed E-state index contributed by atoms with van der Waals surface area (Å²) in [4.78, 5) is 15.2. The molecule has 4 bridgehead atoms. The van der Waals surface area contributed by atoms with Gasteiger partial charge in [-0.15, -0.1) is 0 Å². The molecule has 3 nitrogen and oxygen atoms in total. The van der Waals surface area contributed by atoms with Gasteiger partial charge in [0.05, 0.1) is 10.7 Å². The Morgan fingerprint density at radius 3 is 2.25 bits per heavy atom. The van der Waals surface area contributed by atoms with Gasteiger partial charge in [0, 0.05) is 12.0 Å². The topological polar surface area (TPSA) is 32.3 Å². The lowest BCUT2D eigenvalue weighted by Gasteiger charge is -2.61. The number of halogens is 1. The van der Waals surface area contributed by atoms with E-state index in [4.69, 9.17) is 11.6 Å². The zero-order valence-corrected chi connectivity index (χ0v) is 17.6. The number of para-hydroxylation sites is 1. The predicted octanol–water partition coefficient (Wildman–Crippen LogP) is 5.74. The average Bonchev–Trinajstić information content (AvgIpc) is 2.67. The van der Waals surface area contributed by atoms with Crippen molar-refractivity contribution in [2.24, 2.45) is 23.7 Å². The zero-order valence-electron chi connectivity index (χ0n) is 16.8. The van der Waals surface area contributed by atoms with E-state index in [9.17, 15) is 4.79 Å². The van der Waals surface area contributed by atoms with Crippen molar-refractivity contribution >= 4 is 23.2 Å². The molecular weight excluding hydrogens is 368 g/mol. The van der Waals surface area contributed by atoms with E-state index in [2.05, 4.69) is 10.2 Å². The fraction of sp³-hybridized carbons (Fsp3) is 0.708. The van der Waals surface area contributed by atoms with Crippen LogP contribution in [0, 0.1) is 23.7 Å². The summed E-state index contributed by atoms with van der Waals surface area (Å²) in [6, 6.07) is 7.47. The second kappa shape index (κ2) is 7.65. The third-order valence-corrected chi connectivity index (χ3v) is 8.55. The number of hydrogen-bond donors (Lipinski definition) is 1. The molecule has 1 aromatic rings. The second-order valence-corrected chi connectivity index (χ2v) is 10.5. The maximum Gasteiger partial charge on any atom is 0.224 e. The van der Waals surface area contributed by atoms with Gasteiger partial charge in [-0.3, -0.25) is 9.69 Å². The molecular formula is C24H33ClN2O. The highest BCUT2D eigenvalue weighted by molar-refractivity contribution is 6.33. The maximum atomic E-state index is 12.3. The van der Waals surface area contributed by atoms with Crippen molar-refractivity contribution in [3.63, 3.8) is 0 Å². The summed E-state index contributed by atoms with van der Waals surface area (Å²) in [5, 5.41) is 3.58. The van der Waals surface area contributed by atoms with Crippen LogP contribution in [-0.4, -0.2) is 29.4 Å². The van der Waals surface area contributed by atoms with Crippen LogP contribution in [0.15, 0.2) is 24.3 Å². The standard InChI is InChI=1S/C24H33ClN2O/c25-21-3-1-2-4-22(21)26-23(28)6-5-17-7-9-27(10-8-17)24-14-18-11-19(15-24)13-20(12-18)16-24/h1-4,17-20H,5-16H2,(H,26,28). The minimum absolute atomic E-state index is 0.0941. The molecule has 0 unspecified atom stereocenters. The van der Waals surface area contributed by atoms with Crippen molar-refractivity contribution in [2.75, 3.05) is 18.4 Å². The number of rotatable bonds is 5. The van der Waals surface area contributed by atoms with E-state index >= 15 is 0 Å². The van der Waals surface area contributed by atoms with Crippen molar-refractivity contribution in [2.45, 2.75) is 69.7 Å². The Labute approximate surface area is 174 Å². The lowest BCUT2D eigenvalue weighted by atomic mass is 9.52. The first-order chi connectivity index (χ1) is 13.6. The molecule has 5 fully saturated rings. The van der Waals surface area contributed by atoms with E-state index in [1.807, 2.05) is 24.3 Å². The van der Waals surface area contributed by atoms with Gasteiger partial charge in [0.1, 0.15) is 0 Å². The van der Waals surface area contributed by atoms with E-state index < -0.39 is 0 Å². The van der Waals surface area contributed by atoms with Gasteiger partial charge < -0.3 is 5.32 Å². The molecule has 4 heteroatoms. The highest BCUT2D eigenvalue weighted by atomic mass is 35.5. The quantitative estimate of drug-likeness (QED) is 0.683. The van der Waals surface area contributed by atoms with E-state index in [-0.39, 0.29) is 5.91 Å². The number of carbonyl (C=O) groups excluding carboxylic acids is 1. The third-order valence-electron chi connectivity index (χ3n) is 8.22. The number of anilines is 1. The molecule has 0 radical (unpaired) electrons. The largest absolute Gasteiger partial charge is 0.325 e. The number of hydrogen-bond acceptors (Lipinski definition) is 2. The third kappa shape index (κ3) is 3.73. The molecule has 5 aliphatic rings. The second-order valence-electron chi connectivity index (χ2n) is 10.1. The fourth-order valence-corrected chi connectivity index (χ4v) is 7.44. The number of nitrogens with zero attached hydrogens (tertiary/aromatic N) is 1. The minimum atomic E-state index is 0.0941. The molecule has 4 aliphatic carbocycles. The van der Waals surface area contributed by atoms with Crippen LogP contribution in [0.1, 0.15) is 64.2 Å². The zero-order chi connectivity index (χ0) is 19.1. The van der Waals surface area contributed by atoms with Crippen molar-refractivity contribution in [1.29, 1.82) is 0 Å². The number of nitrogens with one attached hydrogen (secondary N) is 1. The molecule has 1 aromatic carbocycles. The van der Waals surface area contributed by atoms with Crippen LogP contribution in [0.2, 0.25) is 5.02 Å². The number of amides is 1. The van der Waals surface area contributed by atoms with Crippen molar-refractivity contribution < 1.29 is 4.79 Å². The molecule has 6 rings (SSSR count). The van der Waals surface area contributed by atoms with Gasteiger partial charge in [-0.2, -0.15) is 0 Å². The molecule has 4 saturated carbocycles. The summed E-state index contributed by atoms with van der Waals surface area (Å²) in [5.74, 6) is 3.87. The molecule has 0 atom stereocenters. The van der Waals surface area contributed by atoms with E-state index in [0.29, 0.717) is 22.9 Å². The average molecular weight is 401 g/mol. The SMILES string of the molecule is O=C(CCC1CCN(C23CC4CC(CC(C4)C2)C3)CC1)Nc1ccccc1Cl. The Kier molecular flexibility index (Phi) is 5.17. The Morgan fingerprint density at radius 1 is 1.04 bits per heavy atom. The van der Waals surface area contributed by atoms with Crippen molar-refractivity contribution in [3.05, 3.63) is 29.3 Å². The van der Waals surface area contributed by atoms with E-state index in [1.54, 1.807) is 0 Å². The minimum Gasteiger partial charge on any atom is -0.325 e. The molecule has 1 N–H and O–H groups in total. The monoisotopic (exact) mass is 400 g/mol. The normalized spacial score (nSPS) is 35.2. The van der Waals surface area contributed by atoms with Gasteiger partial charge in [0.15, 0.2) is 0 Å². The summed E-state index contributed by atoms with van der Waals surface area (Å²) < 4.78 is 0. The van der Waals surface area contributed by atoms with Crippen LogP contribution in [0.25, 0.3) is 0 Å². The Bertz CT molecular complexity index is 690. The van der Waals surface area contributed by atoms with Gasteiger partial charge in [-0.05, 0) is 107 Å². The Morgan fingerprint density at radius 2 is 1.64 bits per heavy atom. The molecule has 1 saturated heterocycles. The fourth-order valence-electron chi connectivity index (χ4n) is 7.26.